The van der Waals surface area contributed by atoms with Crippen LogP contribution in [-0.4, -0.2) is 62.2 Å². The summed E-state index contributed by atoms with van der Waals surface area (Å²) in [5.41, 5.74) is 4.72. The van der Waals surface area contributed by atoms with Gasteiger partial charge < -0.3 is 25.9 Å². The zero-order chi connectivity index (χ0) is 15.6. The van der Waals surface area contributed by atoms with Crippen LogP contribution in [-0.2, 0) is 9.53 Å². The number of hydrogen-bond acceptors (Lipinski definition) is 5. The molecule has 0 fully saturated rings. The summed E-state index contributed by atoms with van der Waals surface area (Å²) >= 11 is 0. The largest absolute Gasteiger partial charge is 0.409 e. The third-order valence-corrected chi connectivity index (χ3v) is 3.45. The molecule has 0 saturated carbocycles. The molecule has 118 valence electrons. The fourth-order valence-corrected chi connectivity index (χ4v) is 1.90. The van der Waals surface area contributed by atoms with Crippen molar-refractivity contribution in [1.29, 1.82) is 0 Å². The van der Waals surface area contributed by atoms with Gasteiger partial charge in [0.1, 0.15) is 5.41 Å². The van der Waals surface area contributed by atoms with Crippen molar-refractivity contribution >= 4 is 11.7 Å². The van der Waals surface area contributed by atoms with Gasteiger partial charge in [0.05, 0.1) is 13.2 Å². The van der Waals surface area contributed by atoms with Crippen molar-refractivity contribution < 1.29 is 14.7 Å². The first-order chi connectivity index (χ1) is 9.44. The van der Waals surface area contributed by atoms with Crippen molar-refractivity contribution in [3.05, 3.63) is 0 Å². The summed E-state index contributed by atoms with van der Waals surface area (Å²) in [6.45, 7) is 6.00. The maximum absolute atomic E-state index is 12.2. The number of nitrogens with zero attached hydrogens (tertiary/aromatic N) is 2. The number of nitrogens with two attached hydrogens (primary N) is 1. The van der Waals surface area contributed by atoms with Crippen LogP contribution >= 0.6 is 0 Å². The summed E-state index contributed by atoms with van der Waals surface area (Å²) in [6, 6.07) is 0. The lowest BCUT2D eigenvalue weighted by molar-refractivity contribution is -0.128. The molecule has 0 aromatic carbocycles. The van der Waals surface area contributed by atoms with Crippen LogP contribution in [0.3, 0.4) is 0 Å². The Labute approximate surface area is 121 Å². The first-order valence-electron chi connectivity index (χ1n) is 6.93. The highest BCUT2D eigenvalue weighted by atomic mass is 16.5. The number of rotatable bonds is 10. The maximum Gasteiger partial charge on any atom is 0.234 e. The molecule has 0 spiro atoms. The summed E-state index contributed by atoms with van der Waals surface area (Å²) in [5, 5.41) is 14.6. The first kappa shape index (κ1) is 18.7. The smallest absolute Gasteiger partial charge is 0.234 e. The second kappa shape index (κ2) is 9.55. The lowest BCUT2D eigenvalue weighted by Gasteiger charge is -2.28. The molecule has 1 amide bonds. The minimum atomic E-state index is -0.946. The van der Waals surface area contributed by atoms with Crippen molar-refractivity contribution in [2.75, 3.05) is 40.4 Å². The monoisotopic (exact) mass is 288 g/mol. The summed E-state index contributed by atoms with van der Waals surface area (Å²) in [4.78, 5) is 14.2. The molecule has 7 nitrogen and oxygen atoms in total. The molecule has 7 heteroatoms. The number of amides is 1. The zero-order valence-electron chi connectivity index (χ0n) is 13.0. The molecule has 4 N–H and O–H groups in total. The number of oxime groups is 1. The molecule has 0 aliphatic rings. The van der Waals surface area contributed by atoms with Crippen molar-refractivity contribution in [1.82, 2.24) is 10.2 Å². The molecule has 0 unspecified atom stereocenters. The van der Waals surface area contributed by atoms with Crippen molar-refractivity contribution in [3.63, 3.8) is 0 Å². The minimum Gasteiger partial charge on any atom is -0.409 e. The lowest BCUT2D eigenvalue weighted by atomic mass is 9.80. The van der Waals surface area contributed by atoms with Crippen LogP contribution in [0.2, 0.25) is 0 Å². The van der Waals surface area contributed by atoms with E-state index in [1.54, 1.807) is 0 Å². The van der Waals surface area contributed by atoms with E-state index in [-0.39, 0.29) is 11.7 Å². The molecule has 0 bridgehead atoms. The number of hydrogen-bond donors (Lipinski definition) is 3. The molecular weight excluding hydrogens is 260 g/mol. The van der Waals surface area contributed by atoms with Gasteiger partial charge in [-0.2, -0.15) is 0 Å². The Hall–Kier alpha value is -1.34. The molecule has 0 radical (unpaired) electrons. The number of amidine groups is 1. The summed E-state index contributed by atoms with van der Waals surface area (Å²) < 4.78 is 5.39. The summed E-state index contributed by atoms with van der Waals surface area (Å²) in [5.74, 6) is -0.275. The van der Waals surface area contributed by atoms with Gasteiger partial charge in [-0.3, -0.25) is 4.79 Å². The Kier molecular flexibility index (Phi) is 8.91. The van der Waals surface area contributed by atoms with E-state index in [0.717, 1.165) is 6.54 Å². The normalized spacial score (nSPS) is 12.8. The molecule has 0 atom stereocenters. The number of carbonyl (C=O) groups excluding carboxylic acids is 1. The number of nitrogens with one attached hydrogen (secondary N) is 1. The summed E-state index contributed by atoms with van der Waals surface area (Å²) in [7, 11) is 3.94. The van der Waals surface area contributed by atoms with Gasteiger partial charge in [-0.1, -0.05) is 19.0 Å². The second-order valence-electron chi connectivity index (χ2n) is 4.95. The molecule has 0 aliphatic heterocycles. The van der Waals surface area contributed by atoms with Gasteiger partial charge in [-0.05, 0) is 26.9 Å². The van der Waals surface area contributed by atoms with E-state index in [4.69, 9.17) is 15.7 Å². The lowest BCUT2D eigenvalue weighted by Crippen LogP contribution is -2.49. The highest BCUT2D eigenvalue weighted by Crippen LogP contribution is 2.26. The summed E-state index contributed by atoms with van der Waals surface area (Å²) in [6.07, 6.45) is 0.958. The molecule has 0 rings (SSSR count). The Morgan fingerprint density at radius 1 is 1.35 bits per heavy atom. The van der Waals surface area contributed by atoms with E-state index in [0.29, 0.717) is 32.6 Å². The third kappa shape index (κ3) is 5.34. The number of carbonyl (C=O) groups is 1. The van der Waals surface area contributed by atoms with Crippen molar-refractivity contribution in [2.24, 2.45) is 16.3 Å². The predicted octanol–water partition coefficient (Wildman–Crippen LogP) is 0.234. The average Bonchev–Trinajstić information content (AvgIpc) is 2.43. The average molecular weight is 288 g/mol. The highest BCUT2D eigenvalue weighted by Gasteiger charge is 2.39. The van der Waals surface area contributed by atoms with Crippen LogP contribution < -0.4 is 11.1 Å². The predicted molar refractivity (Wildman–Crippen MR) is 78.8 cm³/mol. The Morgan fingerprint density at radius 3 is 2.40 bits per heavy atom. The van der Waals surface area contributed by atoms with E-state index < -0.39 is 5.41 Å². The van der Waals surface area contributed by atoms with Gasteiger partial charge in [0.2, 0.25) is 5.91 Å². The van der Waals surface area contributed by atoms with Gasteiger partial charge in [0, 0.05) is 13.1 Å². The van der Waals surface area contributed by atoms with Gasteiger partial charge >= 0.3 is 0 Å². The highest BCUT2D eigenvalue weighted by molar-refractivity contribution is 6.06. The van der Waals surface area contributed by atoms with E-state index in [2.05, 4.69) is 10.5 Å². The molecule has 0 aromatic rings. The van der Waals surface area contributed by atoms with Crippen LogP contribution in [0.5, 0.6) is 0 Å². The fourth-order valence-electron chi connectivity index (χ4n) is 1.90. The number of likely N-dealkylation sites (N-methyl/N-ethyl adjacent to an activating group) is 1. The van der Waals surface area contributed by atoms with Crippen molar-refractivity contribution in [3.8, 4) is 0 Å². The quantitative estimate of drug-likeness (QED) is 0.176. The van der Waals surface area contributed by atoms with E-state index in [1.165, 1.54) is 0 Å². The zero-order valence-corrected chi connectivity index (χ0v) is 13.0. The molecule has 20 heavy (non-hydrogen) atoms. The minimum absolute atomic E-state index is 0.0477. The Bertz CT molecular complexity index is 315. The molecular formula is C13H28N4O3. The first-order valence-corrected chi connectivity index (χ1v) is 6.93. The van der Waals surface area contributed by atoms with Gasteiger partial charge in [0.15, 0.2) is 5.84 Å². The second-order valence-corrected chi connectivity index (χ2v) is 4.95. The van der Waals surface area contributed by atoms with E-state index >= 15 is 0 Å². The molecule has 0 aliphatic carbocycles. The van der Waals surface area contributed by atoms with Gasteiger partial charge in [-0.25, -0.2) is 0 Å². The SMILES string of the molecule is CCC(CC)(C(=O)NCCOCCN(C)C)C(N)=NO. The van der Waals surface area contributed by atoms with E-state index in [9.17, 15) is 4.79 Å². The number of ether oxygens (including phenoxy) is 1. The molecule has 0 aromatic heterocycles. The van der Waals surface area contributed by atoms with E-state index in [1.807, 2.05) is 32.8 Å². The van der Waals surface area contributed by atoms with Crippen LogP contribution in [0, 0.1) is 5.41 Å². The van der Waals surface area contributed by atoms with Crippen LogP contribution in [0.25, 0.3) is 0 Å². The Balaban J connectivity index is 4.23. The van der Waals surface area contributed by atoms with Gasteiger partial charge in [0.25, 0.3) is 0 Å². The van der Waals surface area contributed by atoms with Crippen molar-refractivity contribution in [2.45, 2.75) is 26.7 Å². The fraction of sp³-hybridized carbons (Fsp3) is 0.846. The third-order valence-electron chi connectivity index (χ3n) is 3.45. The molecule has 0 saturated heterocycles. The van der Waals surface area contributed by atoms with Crippen LogP contribution in [0.1, 0.15) is 26.7 Å². The van der Waals surface area contributed by atoms with Crippen LogP contribution in [0.15, 0.2) is 5.16 Å². The van der Waals surface area contributed by atoms with Crippen LogP contribution in [0.4, 0.5) is 0 Å². The maximum atomic E-state index is 12.2. The molecule has 0 heterocycles. The van der Waals surface area contributed by atoms with Gasteiger partial charge in [-0.15, -0.1) is 0 Å². The standard InChI is InChI=1S/C13H28N4O3/c1-5-13(6-2,11(14)16-19)12(18)15-7-9-20-10-8-17(3)4/h19H,5-10H2,1-4H3,(H2,14,16)(H,15,18). The topological polar surface area (TPSA) is 100 Å². The Morgan fingerprint density at radius 2 is 1.95 bits per heavy atom.